The molecule has 0 spiro atoms. The first-order chi connectivity index (χ1) is 5.58. The molecule has 0 bridgehead atoms. The van der Waals surface area contributed by atoms with Crippen LogP contribution >= 0.6 is 17.0 Å². The fraction of sp³-hybridized carbons (Fsp3) is 1.00. The normalized spacial score (nSPS) is 24.5. The molecule has 13 heavy (non-hydrogen) atoms. The van der Waals surface area contributed by atoms with E-state index in [0.29, 0.717) is 0 Å². The lowest BCUT2D eigenvalue weighted by Gasteiger charge is -2.13. The van der Waals surface area contributed by atoms with Gasteiger partial charge in [-0.25, -0.2) is 13.1 Å². The Hall–Kier alpha value is 0.350. The Morgan fingerprint density at radius 1 is 1.31 bits per heavy atom. The van der Waals surface area contributed by atoms with Gasteiger partial charge in [-0.3, -0.25) is 0 Å². The Morgan fingerprint density at radius 2 is 2.00 bits per heavy atom. The van der Waals surface area contributed by atoms with Gasteiger partial charge in [0.2, 0.25) is 10.0 Å². The van der Waals surface area contributed by atoms with Gasteiger partial charge in [-0.05, 0) is 32.4 Å². The molecule has 0 aromatic rings. The van der Waals surface area contributed by atoms with Crippen LogP contribution in [0.25, 0.3) is 0 Å². The van der Waals surface area contributed by atoms with Gasteiger partial charge in [-0.15, -0.1) is 17.0 Å². The van der Waals surface area contributed by atoms with Gasteiger partial charge in [-0.1, -0.05) is 0 Å². The van der Waals surface area contributed by atoms with Crippen LogP contribution in [0.2, 0.25) is 0 Å². The number of nitrogens with one attached hydrogen (secondary N) is 2. The van der Waals surface area contributed by atoms with Gasteiger partial charge in [0.1, 0.15) is 0 Å². The molecule has 1 rings (SSSR count). The predicted octanol–water partition coefficient (Wildman–Crippen LogP) is 0.256. The Morgan fingerprint density at radius 3 is 2.62 bits per heavy atom. The fourth-order valence-electron chi connectivity index (χ4n) is 1.44. The van der Waals surface area contributed by atoms with Crippen molar-refractivity contribution < 1.29 is 8.42 Å². The van der Waals surface area contributed by atoms with E-state index in [2.05, 4.69) is 10.0 Å². The Labute approximate surface area is 90.3 Å². The van der Waals surface area contributed by atoms with E-state index in [4.69, 9.17) is 0 Å². The molecule has 1 saturated heterocycles. The lowest BCUT2D eigenvalue weighted by molar-refractivity contribution is 0.522. The van der Waals surface area contributed by atoms with E-state index in [1.165, 1.54) is 6.26 Å². The third kappa shape index (κ3) is 6.42. The highest BCUT2D eigenvalue weighted by Crippen LogP contribution is 2.05. The summed E-state index contributed by atoms with van der Waals surface area (Å²) >= 11 is 0. The fourth-order valence-corrected chi connectivity index (χ4v) is 2.28. The molecule has 0 aliphatic carbocycles. The van der Waals surface area contributed by atoms with E-state index in [0.717, 1.165) is 32.4 Å². The van der Waals surface area contributed by atoms with E-state index in [-0.39, 0.29) is 23.0 Å². The molecule has 2 N–H and O–H groups in total. The first-order valence-corrected chi connectivity index (χ1v) is 6.15. The van der Waals surface area contributed by atoms with E-state index in [1.54, 1.807) is 0 Å². The van der Waals surface area contributed by atoms with E-state index < -0.39 is 10.0 Å². The van der Waals surface area contributed by atoms with E-state index in [9.17, 15) is 8.42 Å². The van der Waals surface area contributed by atoms with Crippen LogP contribution in [0.3, 0.4) is 0 Å². The predicted molar refractivity (Wildman–Crippen MR) is 58.8 cm³/mol. The maximum absolute atomic E-state index is 10.9. The molecule has 4 nitrogen and oxygen atoms in total. The van der Waals surface area contributed by atoms with Gasteiger partial charge in [0.25, 0.3) is 0 Å². The Balaban J connectivity index is 0.00000144. The number of hydrogen-bond donors (Lipinski definition) is 2. The quantitative estimate of drug-likeness (QED) is 0.758. The lowest BCUT2D eigenvalue weighted by Crippen LogP contribution is -2.34. The number of rotatable bonds is 2. The number of sulfonamides is 1. The maximum Gasteiger partial charge on any atom is 0.208 e. The molecule has 1 atom stereocenters. The summed E-state index contributed by atoms with van der Waals surface area (Å²) in [4.78, 5) is 0. The SMILES string of the molecule is Br.CS(=O)(=O)N[C@H]1CCCNCC1. The number of halogens is 1. The second kappa shape index (κ2) is 5.95. The molecule has 0 radical (unpaired) electrons. The van der Waals surface area contributed by atoms with Crippen molar-refractivity contribution in [3.05, 3.63) is 0 Å². The topological polar surface area (TPSA) is 58.2 Å². The van der Waals surface area contributed by atoms with Crippen LogP contribution in [-0.4, -0.2) is 33.8 Å². The summed E-state index contributed by atoms with van der Waals surface area (Å²) in [6.45, 7) is 1.91. The summed E-state index contributed by atoms with van der Waals surface area (Å²) in [5.41, 5.74) is 0. The minimum absolute atomic E-state index is 0. The molecular weight excluding hydrogens is 256 g/mol. The van der Waals surface area contributed by atoms with Gasteiger partial charge in [0.05, 0.1) is 6.26 Å². The molecule has 1 fully saturated rings. The van der Waals surface area contributed by atoms with Crippen LogP contribution in [0.15, 0.2) is 0 Å². The van der Waals surface area contributed by atoms with Crippen LogP contribution < -0.4 is 10.0 Å². The molecule has 1 aliphatic heterocycles. The number of hydrogen-bond acceptors (Lipinski definition) is 3. The first kappa shape index (κ1) is 13.4. The highest BCUT2D eigenvalue weighted by Gasteiger charge is 2.14. The van der Waals surface area contributed by atoms with Crippen LogP contribution in [0.4, 0.5) is 0 Å². The second-order valence-electron chi connectivity index (χ2n) is 3.27. The Kier molecular flexibility index (Phi) is 6.11. The molecule has 80 valence electrons. The summed E-state index contributed by atoms with van der Waals surface area (Å²) in [5, 5.41) is 3.23. The molecule has 0 unspecified atom stereocenters. The zero-order valence-corrected chi connectivity index (χ0v) is 10.3. The summed E-state index contributed by atoms with van der Waals surface area (Å²) < 4.78 is 24.4. The van der Waals surface area contributed by atoms with Crippen LogP contribution in [-0.2, 0) is 10.0 Å². The molecule has 0 saturated carbocycles. The van der Waals surface area contributed by atoms with Crippen molar-refractivity contribution in [3.8, 4) is 0 Å². The summed E-state index contributed by atoms with van der Waals surface area (Å²) in [6.07, 6.45) is 4.10. The lowest BCUT2D eigenvalue weighted by atomic mass is 10.1. The van der Waals surface area contributed by atoms with E-state index >= 15 is 0 Å². The zero-order valence-electron chi connectivity index (χ0n) is 7.75. The van der Waals surface area contributed by atoms with Crippen LogP contribution in [0, 0.1) is 0 Å². The minimum Gasteiger partial charge on any atom is -0.317 e. The Bertz CT molecular complexity index is 223. The highest BCUT2D eigenvalue weighted by molar-refractivity contribution is 8.93. The average Bonchev–Trinajstić information content (AvgIpc) is 2.12. The third-order valence-electron chi connectivity index (χ3n) is 1.96. The molecule has 0 aromatic heterocycles. The zero-order chi connectivity index (χ0) is 9.03. The molecule has 1 heterocycles. The average molecular weight is 273 g/mol. The molecule has 6 heteroatoms. The summed E-state index contributed by atoms with van der Waals surface area (Å²) in [5.74, 6) is 0. The van der Waals surface area contributed by atoms with Gasteiger partial charge in [0, 0.05) is 6.04 Å². The smallest absolute Gasteiger partial charge is 0.208 e. The van der Waals surface area contributed by atoms with Gasteiger partial charge >= 0.3 is 0 Å². The molecule has 0 aromatic carbocycles. The monoisotopic (exact) mass is 272 g/mol. The van der Waals surface area contributed by atoms with Crippen molar-refractivity contribution in [2.24, 2.45) is 0 Å². The van der Waals surface area contributed by atoms with Crippen molar-refractivity contribution in [1.82, 2.24) is 10.0 Å². The van der Waals surface area contributed by atoms with Gasteiger partial charge in [0.15, 0.2) is 0 Å². The summed E-state index contributed by atoms with van der Waals surface area (Å²) in [6, 6.07) is 0.134. The van der Waals surface area contributed by atoms with Crippen molar-refractivity contribution >= 4 is 27.0 Å². The standard InChI is InChI=1S/C7H16N2O2S.BrH/c1-12(10,11)9-7-3-2-5-8-6-4-7;/h7-9H,2-6H2,1H3;1H/t7-;/m0./s1. The van der Waals surface area contributed by atoms with Crippen molar-refractivity contribution in [1.29, 1.82) is 0 Å². The third-order valence-corrected chi connectivity index (χ3v) is 2.72. The first-order valence-electron chi connectivity index (χ1n) is 4.26. The van der Waals surface area contributed by atoms with Crippen LogP contribution in [0.5, 0.6) is 0 Å². The largest absolute Gasteiger partial charge is 0.317 e. The van der Waals surface area contributed by atoms with Crippen LogP contribution in [0.1, 0.15) is 19.3 Å². The van der Waals surface area contributed by atoms with Crippen molar-refractivity contribution in [2.45, 2.75) is 25.3 Å². The van der Waals surface area contributed by atoms with Gasteiger partial charge < -0.3 is 5.32 Å². The maximum atomic E-state index is 10.9. The second-order valence-corrected chi connectivity index (χ2v) is 5.05. The summed E-state index contributed by atoms with van der Waals surface area (Å²) in [7, 11) is -3.02. The molecular formula is C7H17BrN2O2S. The van der Waals surface area contributed by atoms with Crippen molar-refractivity contribution in [3.63, 3.8) is 0 Å². The van der Waals surface area contributed by atoms with E-state index in [1.807, 2.05) is 0 Å². The van der Waals surface area contributed by atoms with Gasteiger partial charge in [-0.2, -0.15) is 0 Å². The molecule has 1 aliphatic rings. The highest BCUT2D eigenvalue weighted by atomic mass is 79.9. The molecule has 0 amide bonds. The minimum atomic E-state index is -3.02. The van der Waals surface area contributed by atoms with Crippen molar-refractivity contribution in [2.75, 3.05) is 19.3 Å².